The van der Waals surface area contributed by atoms with Gasteiger partial charge in [0.1, 0.15) is 13.2 Å². The van der Waals surface area contributed by atoms with Gasteiger partial charge in [0.25, 0.3) is 0 Å². The molecule has 0 aromatic rings. The van der Waals surface area contributed by atoms with E-state index in [-0.39, 0.29) is 24.7 Å². The van der Waals surface area contributed by atoms with Gasteiger partial charge in [-0.1, -0.05) is 19.4 Å². The maximum absolute atomic E-state index is 12.6. The van der Waals surface area contributed by atoms with Gasteiger partial charge in [-0.25, -0.2) is 4.79 Å². The predicted octanol–water partition coefficient (Wildman–Crippen LogP) is 1.48. The molecule has 0 radical (unpaired) electrons. The Morgan fingerprint density at radius 1 is 1.04 bits per heavy atom. The zero-order chi connectivity index (χ0) is 20.4. The van der Waals surface area contributed by atoms with Crippen molar-refractivity contribution in [1.29, 1.82) is 0 Å². The molecule has 0 aliphatic heterocycles. The van der Waals surface area contributed by atoms with Crippen molar-refractivity contribution >= 4 is 26.4 Å². The van der Waals surface area contributed by atoms with Crippen LogP contribution in [0.5, 0.6) is 0 Å². The summed E-state index contributed by atoms with van der Waals surface area (Å²) in [6.07, 6.45) is 3.31. The average Bonchev–Trinajstić information content (AvgIpc) is 2.68. The first-order valence-corrected chi connectivity index (χ1v) is 11.6. The summed E-state index contributed by atoms with van der Waals surface area (Å²) < 4.78 is 20.8. The lowest BCUT2D eigenvalue weighted by atomic mass is 9.78. The highest BCUT2D eigenvalue weighted by atomic mass is 28.4. The van der Waals surface area contributed by atoms with Crippen LogP contribution in [0.2, 0.25) is 6.55 Å². The van der Waals surface area contributed by atoms with E-state index in [2.05, 4.69) is 11.9 Å². The molecule has 27 heavy (non-hydrogen) atoms. The summed E-state index contributed by atoms with van der Waals surface area (Å²) in [5.41, 5.74) is 0.285. The number of hydrogen-bond acceptors (Lipinski definition) is 7. The molecule has 1 rings (SSSR count). The number of esters is 2. The molecule has 1 saturated carbocycles. The van der Waals surface area contributed by atoms with Crippen LogP contribution in [0.25, 0.3) is 0 Å². The van der Waals surface area contributed by atoms with Crippen molar-refractivity contribution in [3.8, 4) is 0 Å². The monoisotopic (exact) mass is 401 g/mol. The Balaban J connectivity index is 2.53. The number of hydrogen-bond donors (Lipinski definition) is 1. The SMILES string of the molecule is C=C(C)C(=O)OCCOC(=O)C1CCCCC1C(=O)NC[Si](C)(OC)OC. The fourth-order valence-electron chi connectivity index (χ4n) is 2.84. The van der Waals surface area contributed by atoms with Gasteiger partial charge in [-0.2, -0.15) is 0 Å². The Kier molecular flexibility index (Phi) is 9.68. The lowest BCUT2D eigenvalue weighted by Crippen LogP contribution is -2.51. The third kappa shape index (κ3) is 7.43. The fourth-order valence-corrected chi connectivity index (χ4v) is 3.79. The maximum Gasteiger partial charge on any atom is 0.354 e. The second-order valence-corrected chi connectivity index (χ2v) is 10.3. The highest BCUT2D eigenvalue weighted by Gasteiger charge is 2.38. The Hall–Kier alpha value is -1.71. The zero-order valence-electron chi connectivity index (χ0n) is 16.7. The standard InChI is InChI=1S/C18H31NO7Si/c1-13(2)17(21)25-10-11-26-18(22)15-9-7-6-8-14(15)16(20)19-12-27(5,23-3)24-4/h14-15H,1,6-12H2,2-5H3,(H,19,20). The van der Waals surface area contributed by atoms with Gasteiger partial charge in [0.2, 0.25) is 5.91 Å². The molecule has 1 aliphatic rings. The summed E-state index contributed by atoms with van der Waals surface area (Å²) in [5.74, 6) is -2.06. The van der Waals surface area contributed by atoms with Gasteiger partial charge in [0.05, 0.1) is 18.0 Å². The van der Waals surface area contributed by atoms with E-state index in [1.165, 1.54) is 0 Å². The lowest BCUT2D eigenvalue weighted by molar-refractivity contribution is -0.158. The average molecular weight is 402 g/mol. The Morgan fingerprint density at radius 2 is 1.59 bits per heavy atom. The van der Waals surface area contributed by atoms with Crippen molar-refractivity contribution in [2.45, 2.75) is 39.2 Å². The summed E-state index contributed by atoms with van der Waals surface area (Å²) in [5, 5.41) is 2.86. The third-order valence-corrected chi connectivity index (χ3v) is 7.31. The van der Waals surface area contributed by atoms with Crippen LogP contribution in [0.1, 0.15) is 32.6 Å². The van der Waals surface area contributed by atoms with Crippen LogP contribution in [0, 0.1) is 11.8 Å². The molecule has 1 aliphatic carbocycles. The number of carbonyl (C=O) groups excluding carboxylic acids is 3. The van der Waals surface area contributed by atoms with Crippen molar-refractivity contribution in [1.82, 2.24) is 5.32 Å². The summed E-state index contributed by atoms with van der Waals surface area (Å²) in [6, 6.07) is 0. The van der Waals surface area contributed by atoms with Crippen LogP contribution in [-0.4, -0.2) is 60.0 Å². The molecule has 0 aromatic heterocycles. The van der Waals surface area contributed by atoms with Crippen LogP contribution < -0.4 is 5.32 Å². The third-order valence-electron chi connectivity index (χ3n) is 4.76. The van der Waals surface area contributed by atoms with E-state index in [4.69, 9.17) is 18.3 Å². The minimum absolute atomic E-state index is 0.0351. The van der Waals surface area contributed by atoms with Gasteiger partial charge >= 0.3 is 20.5 Å². The van der Waals surface area contributed by atoms with E-state index in [9.17, 15) is 14.4 Å². The molecule has 0 saturated heterocycles. The molecular formula is C18H31NO7Si. The van der Waals surface area contributed by atoms with E-state index >= 15 is 0 Å². The van der Waals surface area contributed by atoms with Crippen molar-refractivity contribution in [2.24, 2.45) is 11.8 Å². The molecule has 8 nitrogen and oxygen atoms in total. The van der Waals surface area contributed by atoms with Crippen LogP contribution in [-0.2, 0) is 32.7 Å². The van der Waals surface area contributed by atoms with Gasteiger partial charge in [-0.05, 0) is 26.3 Å². The largest absolute Gasteiger partial charge is 0.462 e. The minimum atomic E-state index is -2.42. The van der Waals surface area contributed by atoms with E-state index in [0.717, 1.165) is 12.8 Å². The van der Waals surface area contributed by atoms with Crippen LogP contribution in [0.15, 0.2) is 12.2 Å². The molecule has 1 fully saturated rings. The van der Waals surface area contributed by atoms with Crippen LogP contribution >= 0.6 is 0 Å². The summed E-state index contributed by atoms with van der Waals surface area (Å²) in [7, 11) is 0.695. The molecule has 154 valence electrons. The first-order chi connectivity index (χ1) is 12.7. The van der Waals surface area contributed by atoms with E-state index in [1.807, 2.05) is 6.55 Å². The van der Waals surface area contributed by atoms with Gasteiger partial charge < -0.3 is 23.6 Å². The molecule has 9 heteroatoms. The topological polar surface area (TPSA) is 100 Å². The highest BCUT2D eigenvalue weighted by Crippen LogP contribution is 2.31. The maximum atomic E-state index is 12.6. The number of rotatable bonds is 10. The quantitative estimate of drug-likeness (QED) is 0.256. The normalized spacial score (nSPS) is 19.9. The number of carbonyl (C=O) groups is 3. The zero-order valence-corrected chi connectivity index (χ0v) is 17.7. The molecule has 1 amide bonds. The minimum Gasteiger partial charge on any atom is -0.462 e. The van der Waals surface area contributed by atoms with Crippen LogP contribution in [0.3, 0.4) is 0 Å². The summed E-state index contributed by atoms with van der Waals surface area (Å²) in [4.78, 5) is 36.3. The molecule has 2 unspecified atom stereocenters. The van der Waals surface area contributed by atoms with Crippen molar-refractivity contribution < 1.29 is 32.7 Å². The molecular weight excluding hydrogens is 370 g/mol. The van der Waals surface area contributed by atoms with Gasteiger partial charge in [0, 0.05) is 19.8 Å². The smallest absolute Gasteiger partial charge is 0.354 e. The van der Waals surface area contributed by atoms with Gasteiger partial charge in [-0.3, -0.25) is 9.59 Å². The Labute approximate surface area is 161 Å². The Morgan fingerprint density at radius 3 is 2.15 bits per heavy atom. The highest BCUT2D eigenvalue weighted by molar-refractivity contribution is 6.66. The molecule has 0 aromatic carbocycles. The van der Waals surface area contributed by atoms with Crippen molar-refractivity contribution in [3.05, 3.63) is 12.2 Å². The van der Waals surface area contributed by atoms with E-state index < -0.39 is 32.3 Å². The molecule has 2 atom stereocenters. The molecule has 0 spiro atoms. The molecule has 0 heterocycles. The second-order valence-electron chi connectivity index (χ2n) is 6.84. The fraction of sp³-hybridized carbons (Fsp3) is 0.722. The van der Waals surface area contributed by atoms with E-state index in [1.54, 1.807) is 21.1 Å². The molecule has 0 bridgehead atoms. The van der Waals surface area contributed by atoms with E-state index in [0.29, 0.717) is 19.0 Å². The Bertz CT molecular complexity index is 548. The summed E-state index contributed by atoms with van der Waals surface area (Å²) >= 11 is 0. The number of ether oxygens (including phenoxy) is 2. The lowest BCUT2D eigenvalue weighted by Gasteiger charge is -2.30. The molecule has 1 N–H and O–H groups in total. The number of nitrogens with one attached hydrogen (secondary N) is 1. The van der Waals surface area contributed by atoms with Crippen molar-refractivity contribution in [3.63, 3.8) is 0 Å². The number of amides is 1. The second kappa shape index (κ2) is 11.2. The van der Waals surface area contributed by atoms with Crippen molar-refractivity contribution in [2.75, 3.05) is 33.6 Å². The predicted molar refractivity (Wildman–Crippen MR) is 101 cm³/mol. The first-order valence-electron chi connectivity index (χ1n) is 9.11. The van der Waals surface area contributed by atoms with Gasteiger partial charge in [-0.15, -0.1) is 0 Å². The first kappa shape index (κ1) is 23.3. The van der Waals surface area contributed by atoms with Gasteiger partial charge in [0.15, 0.2) is 0 Å². The summed E-state index contributed by atoms with van der Waals surface area (Å²) in [6.45, 7) is 6.80. The van der Waals surface area contributed by atoms with Crippen LogP contribution in [0.4, 0.5) is 0 Å².